The van der Waals surface area contributed by atoms with Crippen molar-refractivity contribution in [2.45, 2.75) is 19.3 Å². The van der Waals surface area contributed by atoms with E-state index < -0.39 is 6.03 Å². The van der Waals surface area contributed by atoms with Gasteiger partial charge in [-0.25, -0.2) is 13.6 Å². The molecule has 0 atom stereocenters. The Morgan fingerprint density at radius 3 is 2.17 bits per heavy atom. The van der Waals surface area contributed by atoms with Gasteiger partial charge in [-0.1, -0.05) is 0 Å². The molecular formula is C18H19F2N3O. The average Bonchev–Trinajstić information content (AvgIpc) is 2.58. The second-order valence-corrected chi connectivity index (χ2v) is 5.80. The summed E-state index contributed by atoms with van der Waals surface area (Å²) < 4.78 is 27.1. The van der Waals surface area contributed by atoms with E-state index in [2.05, 4.69) is 10.6 Å². The predicted molar refractivity (Wildman–Crippen MR) is 91.5 cm³/mol. The monoisotopic (exact) mass is 331 g/mol. The molecule has 1 fully saturated rings. The van der Waals surface area contributed by atoms with Gasteiger partial charge in [0, 0.05) is 24.5 Å². The van der Waals surface area contributed by atoms with Crippen molar-refractivity contribution in [2.75, 3.05) is 28.6 Å². The summed E-state index contributed by atoms with van der Waals surface area (Å²) in [7, 11) is 0. The highest BCUT2D eigenvalue weighted by molar-refractivity contribution is 5.99. The van der Waals surface area contributed by atoms with Gasteiger partial charge in [-0.2, -0.15) is 0 Å². The third kappa shape index (κ3) is 4.01. The van der Waals surface area contributed by atoms with Crippen molar-refractivity contribution in [2.24, 2.45) is 0 Å². The molecule has 0 aromatic heterocycles. The molecule has 2 aromatic rings. The third-order valence-corrected chi connectivity index (χ3v) is 4.00. The molecule has 0 spiro atoms. The summed E-state index contributed by atoms with van der Waals surface area (Å²) in [6, 6.07) is 9.58. The summed E-state index contributed by atoms with van der Waals surface area (Å²) in [6.07, 6.45) is 3.32. The smallest absolute Gasteiger partial charge is 0.323 e. The van der Waals surface area contributed by atoms with Crippen molar-refractivity contribution in [3.05, 3.63) is 54.1 Å². The highest BCUT2D eigenvalue weighted by Gasteiger charge is 2.15. The number of nitrogens with one attached hydrogen (secondary N) is 2. The Balaban J connectivity index is 1.63. The first kappa shape index (κ1) is 16.2. The molecule has 0 saturated carbocycles. The van der Waals surface area contributed by atoms with Crippen molar-refractivity contribution >= 4 is 23.1 Å². The Morgan fingerprint density at radius 2 is 1.50 bits per heavy atom. The molecule has 0 radical (unpaired) electrons. The number of carbonyl (C=O) groups is 1. The van der Waals surface area contributed by atoms with Gasteiger partial charge in [0.25, 0.3) is 0 Å². The van der Waals surface area contributed by atoms with Crippen LogP contribution in [-0.2, 0) is 0 Å². The molecule has 0 unspecified atom stereocenters. The molecule has 24 heavy (non-hydrogen) atoms. The normalized spacial score (nSPS) is 14.3. The van der Waals surface area contributed by atoms with Crippen LogP contribution in [0.5, 0.6) is 0 Å². The largest absolute Gasteiger partial charge is 0.369 e. The fourth-order valence-electron chi connectivity index (χ4n) is 2.80. The summed E-state index contributed by atoms with van der Waals surface area (Å²) in [6.45, 7) is 1.71. The molecule has 4 nitrogen and oxygen atoms in total. The maximum atomic E-state index is 14.3. The molecule has 3 rings (SSSR count). The van der Waals surface area contributed by atoms with Crippen LogP contribution in [0.4, 0.5) is 30.6 Å². The van der Waals surface area contributed by atoms with Crippen molar-refractivity contribution in [3.63, 3.8) is 0 Å². The van der Waals surface area contributed by atoms with Gasteiger partial charge in [-0.15, -0.1) is 0 Å². The van der Waals surface area contributed by atoms with Crippen molar-refractivity contribution < 1.29 is 13.6 Å². The van der Waals surface area contributed by atoms with Gasteiger partial charge in [0.1, 0.15) is 11.6 Å². The van der Waals surface area contributed by atoms with Crippen molar-refractivity contribution in [1.82, 2.24) is 0 Å². The molecule has 6 heteroatoms. The quantitative estimate of drug-likeness (QED) is 0.863. The fourth-order valence-corrected chi connectivity index (χ4v) is 2.80. The third-order valence-electron chi connectivity index (χ3n) is 4.00. The number of nitrogens with zero attached hydrogens (tertiary/aromatic N) is 1. The maximum Gasteiger partial charge on any atom is 0.323 e. The van der Waals surface area contributed by atoms with Crippen molar-refractivity contribution in [3.8, 4) is 0 Å². The minimum atomic E-state index is -0.508. The van der Waals surface area contributed by atoms with E-state index >= 15 is 0 Å². The van der Waals surface area contributed by atoms with Crippen LogP contribution in [0.1, 0.15) is 19.3 Å². The number of benzene rings is 2. The summed E-state index contributed by atoms with van der Waals surface area (Å²) in [4.78, 5) is 13.9. The number of urea groups is 1. The molecule has 2 amide bonds. The minimum absolute atomic E-state index is 0.350. The lowest BCUT2D eigenvalue weighted by Gasteiger charge is -2.29. The molecule has 1 saturated heterocycles. The maximum absolute atomic E-state index is 14.3. The lowest BCUT2D eigenvalue weighted by molar-refractivity contribution is 0.262. The Kier molecular flexibility index (Phi) is 4.93. The van der Waals surface area contributed by atoms with E-state index in [4.69, 9.17) is 0 Å². The molecule has 2 N–H and O–H groups in total. The number of carbonyl (C=O) groups excluding carboxylic acids is 1. The van der Waals surface area contributed by atoms with Crippen LogP contribution < -0.4 is 15.5 Å². The van der Waals surface area contributed by atoms with E-state index in [0.29, 0.717) is 17.1 Å². The molecule has 1 aliphatic rings. The summed E-state index contributed by atoms with van der Waals surface area (Å²) >= 11 is 0. The minimum Gasteiger partial charge on any atom is -0.369 e. The molecule has 0 bridgehead atoms. The van der Waals surface area contributed by atoms with Crippen LogP contribution in [0.2, 0.25) is 0 Å². The first-order chi connectivity index (χ1) is 11.6. The lowest BCUT2D eigenvalue weighted by atomic mass is 10.1. The SMILES string of the molecule is O=C(Nc1ccc(F)cc1)Nc1ccc(N2CCCCC2)c(F)c1. The van der Waals surface area contributed by atoms with Gasteiger partial charge in [0.2, 0.25) is 0 Å². The predicted octanol–water partition coefficient (Wildman–Crippen LogP) is 4.60. The van der Waals surface area contributed by atoms with Gasteiger partial charge in [-0.3, -0.25) is 0 Å². The molecular weight excluding hydrogens is 312 g/mol. The zero-order valence-corrected chi connectivity index (χ0v) is 13.2. The first-order valence-corrected chi connectivity index (χ1v) is 8.00. The number of anilines is 3. The van der Waals surface area contributed by atoms with Crippen molar-refractivity contribution in [1.29, 1.82) is 0 Å². The Labute approximate surface area is 139 Å². The van der Waals surface area contributed by atoms with E-state index in [1.54, 1.807) is 12.1 Å². The molecule has 2 aromatic carbocycles. The van der Waals surface area contributed by atoms with Crippen LogP contribution in [0.3, 0.4) is 0 Å². The van der Waals surface area contributed by atoms with E-state index in [1.807, 2.05) is 4.90 Å². The fraction of sp³-hybridized carbons (Fsp3) is 0.278. The zero-order chi connectivity index (χ0) is 16.9. The number of piperidine rings is 1. The topological polar surface area (TPSA) is 44.4 Å². The average molecular weight is 331 g/mol. The van der Waals surface area contributed by atoms with E-state index in [1.165, 1.54) is 36.8 Å². The lowest BCUT2D eigenvalue weighted by Crippen LogP contribution is -2.30. The van der Waals surface area contributed by atoms with Gasteiger partial charge < -0.3 is 15.5 Å². The molecule has 1 aliphatic heterocycles. The number of hydrogen-bond acceptors (Lipinski definition) is 2. The van der Waals surface area contributed by atoms with Gasteiger partial charge in [0.05, 0.1) is 5.69 Å². The summed E-state index contributed by atoms with van der Waals surface area (Å²) in [5.74, 6) is -0.729. The van der Waals surface area contributed by atoms with Gasteiger partial charge in [0.15, 0.2) is 0 Å². The zero-order valence-electron chi connectivity index (χ0n) is 13.2. The highest BCUT2D eigenvalue weighted by Crippen LogP contribution is 2.25. The number of hydrogen-bond donors (Lipinski definition) is 2. The van der Waals surface area contributed by atoms with Gasteiger partial charge in [-0.05, 0) is 61.7 Å². The van der Waals surface area contributed by atoms with Gasteiger partial charge >= 0.3 is 6.03 Å². The molecule has 1 heterocycles. The summed E-state index contributed by atoms with van der Waals surface area (Å²) in [5.41, 5.74) is 1.39. The Hall–Kier alpha value is -2.63. The molecule has 126 valence electrons. The Morgan fingerprint density at radius 1 is 0.875 bits per heavy atom. The number of amides is 2. The van der Waals surface area contributed by atoms with Crippen LogP contribution in [-0.4, -0.2) is 19.1 Å². The second kappa shape index (κ2) is 7.29. The van der Waals surface area contributed by atoms with Crippen LogP contribution in [0.25, 0.3) is 0 Å². The van der Waals surface area contributed by atoms with E-state index in [0.717, 1.165) is 25.9 Å². The van der Waals surface area contributed by atoms with Crippen LogP contribution in [0.15, 0.2) is 42.5 Å². The standard InChI is InChI=1S/C18H19F2N3O/c19-13-4-6-14(7-5-13)21-18(24)22-15-8-9-17(16(20)12-15)23-10-2-1-3-11-23/h4-9,12H,1-3,10-11H2,(H2,21,22,24). The number of rotatable bonds is 3. The second-order valence-electron chi connectivity index (χ2n) is 5.80. The summed E-state index contributed by atoms with van der Waals surface area (Å²) in [5, 5.41) is 5.14. The van der Waals surface area contributed by atoms with Crippen LogP contribution in [0, 0.1) is 11.6 Å². The van der Waals surface area contributed by atoms with Crippen LogP contribution >= 0.6 is 0 Å². The number of halogens is 2. The van der Waals surface area contributed by atoms with E-state index in [-0.39, 0.29) is 11.6 Å². The first-order valence-electron chi connectivity index (χ1n) is 8.00. The molecule has 0 aliphatic carbocycles. The van der Waals surface area contributed by atoms with E-state index in [9.17, 15) is 13.6 Å². The Bertz CT molecular complexity index is 713. The highest BCUT2D eigenvalue weighted by atomic mass is 19.1.